The highest BCUT2D eigenvalue weighted by Gasteiger charge is 2.15. The maximum atomic E-state index is 12.0. The number of hydrogen-bond acceptors (Lipinski definition) is 3. The highest BCUT2D eigenvalue weighted by molar-refractivity contribution is 7.23. The molecule has 0 saturated carbocycles. The van der Waals surface area contributed by atoms with Gasteiger partial charge in [0.25, 0.3) is 5.91 Å². The number of aryl methyl sites for hydroxylation is 1. The van der Waals surface area contributed by atoms with Crippen LogP contribution in [0.15, 0.2) is 24.4 Å². The number of carbonyl (C=O) groups excluding carboxylic acids is 1. The molecule has 3 aromatic rings. The van der Waals surface area contributed by atoms with Gasteiger partial charge in [0.2, 0.25) is 0 Å². The number of imidazole rings is 1. The number of amides is 1. The quantitative estimate of drug-likeness (QED) is 0.725. The number of aromatic nitrogens is 2. The third-order valence-corrected chi connectivity index (χ3v) is 3.89. The molecule has 4 nitrogen and oxygen atoms in total. The molecule has 0 unspecified atom stereocenters. The minimum atomic E-state index is -0.203. The Morgan fingerprint density at radius 1 is 1.58 bits per heavy atom. The molecular formula is C14H11N3OS. The fourth-order valence-electron chi connectivity index (χ4n) is 2.01. The molecular weight excluding hydrogens is 258 g/mol. The Morgan fingerprint density at radius 3 is 3.21 bits per heavy atom. The molecule has 2 heterocycles. The van der Waals surface area contributed by atoms with Gasteiger partial charge in [-0.05, 0) is 24.6 Å². The van der Waals surface area contributed by atoms with Crippen LogP contribution in [0.2, 0.25) is 0 Å². The largest absolute Gasteiger partial charge is 0.340 e. The maximum absolute atomic E-state index is 12.0. The average molecular weight is 269 g/mol. The summed E-state index contributed by atoms with van der Waals surface area (Å²) in [5.41, 5.74) is 2.70. The number of benzene rings is 1. The molecule has 3 rings (SSSR count). The van der Waals surface area contributed by atoms with E-state index in [0.717, 1.165) is 15.2 Å². The fourth-order valence-corrected chi connectivity index (χ4v) is 3.11. The topological polar surface area (TPSA) is 46.4 Å². The van der Waals surface area contributed by atoms with Crippen molar-refractivity contribution in [3.8, 4) is 12.3 Å². The third-order valence-electron chi connectivity index (χ3n) is 2.87. The average Bonchev–Trinajstić information content (AvgIpc) is 2.93. The van der Waals surface area contributed by atoms with Crippen molar-refractivity contribution in [3.63, 3.8) is 0 Å². The van der Waals surface area contributed by atoms with E-state index in [1.165, 1.54) is 5.56 Å². The molecule has 0 bridgehead atoms. The first kappa shape index (κ1) is 11.8. The van der Waals surface area contributed by atoms with Gasteiger partial charge < -0.3 is 5.32 Å². The molecule has 1 amide bonds. The molecule has 94 valence electrons. The second-order valence-electron chi connectivity index (χ2n) is 4.22. The Kier molecular flexibility index (Phi) is 2.73. The Bertz CT molecular complexity index is 822. The number of terminal acetylenes is 1. The predicted octanol–water partition coefficient (Wildman–Crippen LogP) is 2.22. The van der Waals surface area contributed by atoms with Gasteiger partial charge in [-0.3, -0.25) is 9.20 Å². The SMILES string of the molecule is C#CCNC(=O)c1cnc2sc3cc(C)ccc3n12. The van der Waals surface area contributed by atoms with Crippen LogP contribution in [0.25, 0.3) is 15.2 Å². The molecule has 0 aliphatic heterocycles. The molecule has 0 aliphatic rings. The molecule has 0 saturated heterocycles. The van der Waals surface area contributed by atoms with Crippen molar-refractivity contribution in [3.05, 3.63) is 35.7 Å². The Hall–Kier alpha value is -2.32. The summed E-state index contributed by atoms with van der Waals surface area (Å²) in [5, 5.41) is 2.66. The summed E-state index contributed by atoms with van der Waals surface area (Å²) < 4.78 is 2.99. The summed E-state index contributed by atoms with van der Waals surface area (Å²) in [6, 6.07) is 6.13. The first-order valence-corrected chi connectivity index (χ1v) is 6.60. The summed E-state index contributed by atoms with van der Waals surface area (Å²) in [7, 11) is 0. The van der Waals surface area contributed by atoms with Crippen molar-refractivity contribution < 1.29 is 4.79 Å². The molecule has 0 atom stereocenters. The van der Waals surface area contributed by atoms with Gasteiger partial charge in [0.1, 0.15) is 5.69 Å². The van der Waals surface area contributed by atoms with Crippen LogP contribution >= 0.6 is 11.3 Å². The Morgan fingerprint density at radius 2 is 2.42 bits per heavy atom. The molecule has 0 aliphatic carbocycles. The summed E-state index contributed by atoms with van der Waals surface area (Å²) in [6.45, 7) is 2.26. The van der Waals surface area contributed by atoms with E-state index in [1.807, 2.05) is 23.5 Å². The van der Waals surface area contributed by atoms with Gasteiger partial charge in [-0.25, -0.2) is 4.98 Å². The van der Waals surface area contributed by atoms with Crippen molar-refractivity contribution in [1.82, 2.24) is 14.7 Å². The van der Waals surface area contributed by atoms with Crippen molar-refractivity contribution in [1.29, 1.82) is 0 Å². The standard InChI is InChI=1S/C14H11N3OS/c1-3-6-15-13(18)11-8-16-14-17(11)10-5-4-9(2)7-12(10)19-14/h1,4-5,7-8H,6H2,2H3,(H,15,18). The molecule has 0 spiro atoms. The number of carbonyl (C=O) groups is 1. The number of nitrogens with zero attached hydrogens (tertiary/aromatic N) is 2. The fraction of sp³-hybridized carbons (Fsp3) is 0.143. The molecule has 5 heteroatoms. The zero-order valence-electron chi connectivity index (χ0n) is 10.3. The van der Waals surface area contributed by atoms with E-state index in [9.17, 15) is 4.79 Å². The van der Waals surface area contributed by atoms with Gasteiger partial charge in [0.05, 0.1) is 23.0 Å². The van der Waals surface area contributed by atoms with Crippen LogP contribution in [0.4, 0.5) is 0 Å². The van der Waals surface area contributed by atoms with Crippen LogP contribution < -0.4 is 5.32 Å². The second-order valence-corrected chi connectivity index (χ2v) is 5.23. The van der Waals surface area contributed by atoms with Crippen molar-refractivity contribution in [2.45, 2.75) is 6.92 Å². The molecule has 1 aromatic carbocycles. The molecule has 0 radical (unpaired) electrons. The van der Waals surface area contributed by atoms with E-state index in [4.69, 9.17) is 6.42 Å². The van der Waals surface area contributed by atoms with E-state index in [-0.39, 0.29) is 12.5 Å². The monoisotopic (exact) mass is 269 g/mol. The zero-order valence-corrected chi connectivity index (χ0v) is 11.1. The lowest BCUT2D eigenvalue weighted by molar-refractivity contribution is 0.0953. The van der Waals surface area contributed by atoms with Gasteiger partial charge in [0, 0.05) is 0 Å². The normalized spacial score (nSPS) is 10.7. The minimum absolute atomic E-state index is 0.203. The number of nitrogens with one attached hydrogen (secondary N) is 1. The molecule has 2 aromatic heterocycles. The maximum Gasteiger partial charge on any atom is 0.270 e. The summed E-state index contributed by atoms with van der Waals surface area (Å²) in [5.74, 6) is 2.19. The van der Waals surface area contributed by atoms with E-state index in [1.54, 1.807) is 17.5 Å². The van der Waals surface area contributed by atoms with Crippen LogP contribution in [-0.4, -0.2) is 21.8 Å². The molecule has 1 N–H and O–H groups in total. The highest BCUT2D eigenvalue weighted by Crippen LogP contribution is 2.27. The Labute approximate surface area is 114 Å². The number of fused-ring (bicyclic) bond motifs is 3. The smallest absolute Gasteiger partial charge is 0.270 e. The number of hydrogen-bond donors (Lipinski definition) is 1. The van der Waals surface area contributed by atoms with E-state index in [2.05, 4.69) is 22.3 Å². The minimum Gasteiger partial charge on any atom is -0.340 e. The summed E-state index contributed by atoms with van der Waals surface area (Å²) in [4.78, 5) is 17.1. The number of thiazole rings is 1. The van der Waals surface area contributed by atoms with Crippen LogP contribution in [0, 0.1) is 19.3 Å². The summed E-state index contributed by atoms with van der Waals surface area (Å²) >= 11 is 1.57. The van der Waals surface area contributed by atoms with Gasteiger partial charge in [-0.2, -0.15) is 0 Å². The Balaban J connectivity index is 2.18. The van der Waals surface area contributed by atoms with E-state index >= 15 is 0 Å². The van der Waals surface area contributed by atoms with Crippen LogP contribution in [-0.2, 0) is 0 Å². The van der Waals surface area contributed by atoms with Crippen molar-refractivity contribution in [2.24, 2.45) is 0 Å². The summed E-state index contributed by atoms with van der Waals surface area (Å²) in [6.07, 6.45) is 6.73. The highest BCUT2D eigenvalue weighted by atomic mass is 32.1. The van der Waals surface area contributed by atoms with E-state index < -0.39 is 0 Å². The van der Waals surface area contributed by atoms with Crippen molar-refractivity contribution >= 4 is 32.4 Å². The van der Waals surface area contributed by atoms with Crippen LogP contribution in [0.3, 0.4) is 0 Å². The predicted molar refractivity (Wildman–Crippen MR) is 76.5 cm³/mol. The van der Waals surface area contributed by atoms with Gasteiger partial charge >= 0.3 is 0 Å². The first-order valence-electron chi connectivity index (χ1n) is 5.79. The van der Waals surface area contributed by atoms with Crippen LogP contribution in [0.5, 0.6) is 0 Å². The lowest BCUT2D eigenvalue weighted by atomic mass is 10.2. The zero-order chi connectivity index (χ0) is 13.4. The van der Waals surface area contributed by atoms with Gasteiger partial charge in [0.15, 0.2) is 4.96 Å². The lowest BCUT2D eigenvalue weighted by Gasteiger charge is -2.01. The second kappa shape index (κ2) is 4.41. The third kappa shape index (κ3) is 1.86. The van der Waals surface area contributed by atoms with Gasteiger partial charge in [-0.1, -0.05) is 23.3 Å². The van der Waals surface area contributed by atoms with Gasteiger partial charge in [-0.15, -0.1) is 6.42 Å². The molecule has 0 fully saturated rings. The first-order chi connectivity index (χ1) is 9.20. The van der Waals surface area contributed by atoms with Crippen LogP contribution in [0.1, 0.15) is 16.1 Å². The lowest BCUT2D eigenvalue weighted by Crippen LogP contribution is -2.24. The van der Waals surface area contributed by atoms with Crippen molar-refractivity contribution in [2.75, 3.05) is 6.54 Å². The molecule has 19 heavy (non-hydrogen) atoms. The van der Waals surface area contributed by atoms with E-state index in [0.29, 0.717) is 5.69 Å². The number of rotatable bonds is 2.